The number of thiophene rings is 2. The smallest absolute Gasteiger partial charge is 0.138 e. The number of allylic oxidation sites excluding steroid dienone is 1. The van der Waals surface area contributed by atoms with E-state index >= 15 is 0 Å². The maximum absolute atomic E-state index is 9.23. The van der Waals surface area contributed by atoms with Gasteiger partial charge in [-0.05, 0) is 11.9 Å². The van der Waals surface area contributed by atoms with Gasteiger partial charge < -0.3 is 9.80 Å². The highest BCUT2D eigenvalue weighted by molar-refractivity contribution is 7.09. The molecule has 0 N–H and O–H groups in total. The highest BCUT2D eigenvalue weighted by Gasteiger charge is 2.27. The lowest BCUT2D eigenvalue weighted by Gasteiger charge is -2.36. The first-order chi connectivity index (χ1) is 11.8. The third-order valence-corrected chi connectivity index (χ3v) is 6.15. The molecule has 0 aliphatic carbocycles. The van der Waals surface area contributed by atoms with Gasteiger partial charge in [0.25, 0.3) is 0 Å². The lowest BCUT2D eigenvalue weighted by Crippen LogP contribution is -2.48. The summed E-state index contributed by atoms with van der Waals surface area (Å²) in [5.74, 6) is 1.06. The van der Waals surface area contributed by atoms with Crippen LogP contribution in [0.4, 0.5) is 5.69 Å². The van der Waals surface area contributed by atoms with Crippen LogP contribution in [-0.2, 0) is 0 Å². The van der Waals surface area contributed by atoms with Crippen molar-refractivity contribution in [1.29, 1.82) is 5.26 Å². The maximum atomic E-state index is 9.23. The van der Waals surface area contributed by atoms with Crippen LogP contribution < -0.4 is 0 Å². The molecule has 0 unspecified atom stereocenters. The molecule has 0 saturated carbocycles. The van der Waals surface area contributed by atoms with Gasteiger partial charge in [0, 0.05) is 70.7 Å². The van der Waals surface area contributed by atoms with Gasteiger partial charge in [-0.1, -0.05) is 6.92 Å². The van der Waals surface area contributed by atoms with Gasteiger partial charge in [-0.15, -0.1) is 11.3 Å². The van der Waals surface area contributed by atoms with Crippen LogP contribution in [0.2, 0.25) is 0 Å². The molecule has 122 valence electrons. The van der Waals surface area contributed by atoms with Crippen LogP contribution in [0, 0.1) is 11.3 Å². The molecule has 2 aromatic rings. The summed E-state index contributed by atoms with van der Waals surface area (Å²) < 4.78 is 0. The van der Waals surface area contributed by atoms with E-state index in [4.69, 9.17) is 4.99 Å². The number of aliphatic imine (C=N–C) groups is 1. The van der Waals surface area contributed by atoms with Crippen LogP contribution in [0.25, 0.3) is 5.57 Å². The number of rotatable bonds is 1. The van der Waals surface area contributed by atoms with Gasteiger partial charge in [0.15, 0.2) is 0 Å². The number of hydrogen-bond acceptors (Lipinski definition) is 6. The average Bonchev–Trinajstić information content (AvgIpc) is 3.25. The van der Waals surface area contributed by atoms with Crippen molar-refractivity contribution in [2.24, 2.45) is 4.99 Å². The van der Waals surface area contributed by atoms with Crippen LogP contribution >= 0.6 is 22.7 Å². The van der Waals surface area contributed by atoms with Crippen LogP contribution in [0.5, 0.6) is 0 Å². The minimum atomic E-state index is 0.982. The SMILES string of the molecule is CCN1CCN(C2=Nc3cscc3C(=CC#N)c3cscc32)CC1. The Hall–Kier alpha value is -1.94. The standard InChI is InChI=1S/C18H18N4S2/c1-2-21-5-7-22(8-6-21)18-16-11-23-9-14(16)13(3-4-19)15-10-24-12-17(15)20-18/h3,9-12H,2,5-8H2,1H3. The minimum Gasteiger partial charge on any atom is -0.353 e. The van der Waals surface area contributed by atoms with Crippen LogP contribution in [0.3, 0.4) is 0 Å². The maximum Gasteiger partial charge on any atom is 0.138 e. The van der Waals surface area contributed by atoms with Gasteiger partial charge in [-0.2, -0.15) is 16.6 Å². The van der Waals surface area contributed by atoms with Gasteiger partial charge >= 0.3 is 0 Å². The zero-order valence-corrected chi connectivity index (χ0v) is 15.2. The number of hydrogen-bond donors (Lipinski definition) is 0. The zero-order valence-electron chi connectivity index (χ0n) is 13.5. The molecule has 0 amide bonds. The number of nitriles is 1. The molecule has 2 aliphatic heterocycles. The van der Waals surface area contributed by atoms with Crippen molar-refractivity contribution >= 4 is 39.8 Å². The van der Waals surface area contributed by atoms with Crippen LogP contribution in [-0.4, -0.2) is 48.4 Å². The first-order valence-corrected chi connectivity index (χ1v) is 9.99. The molecule has 2 aromatic heterocycles. The first-order valence-electron chi connectivity index (χ1n) is 8.11. The Balaban J connectivity index is 1.80. The minimum absolute atomic E-state index is 0.982. The van der Waals surface area contributed by atoms with Crippen molar-refractivity contribution in [3.8, 4) is 6.07 Å². The van der Waals surface area contributed by atoms with E-state index < -0.39 is 0 Å². The molecular weight excluding hydrogens is 336 g/mol. The third-order valence-electron chi connectivity index (χ3n) is 4.68. The number of fused-ring (bicyclic) bond motifs is 2. The van der Waals surface area contributed by atoms with E-state index in [0.717, 1.165) is 66.5 Å². The normalized spacial score (nSPS) is 19.4. The lowest BCUT2D eigenvalue weighted by atomic mass is 9.99. The molecular formula is C18H18N4S2. The molecule has 4 heterocycles. The van der Waals surface area contributed by atoms with Crippen molar-refractivity contribution in [2.45, 2.75) is 6.92 Å². The fourth-order valence-corrected chi connectivity index (χ4v) is 4.90. The summed E-state index contributed by atoms with van der Waals surface area (Å²) in [6.07, 6.45) is 1.66. The number of likely N-dealkylation sites (N-methyl/N-ethyl adjacent to an activating group) is 1. The Labute approximate surface area is 150 Å². The lowest BCUT2D eigenvalue weighted by molar-refractivity contribution is 0.190. The van der Waals surface area contributed by atoms with Crippen molar-refractivity contribution < 1.29 is 0 Å². The number of amidine groups is 1. The molecule has 0 radical (unpaired) electrons. The second kappa shape index (κ2) is 6.52. The quantitative estimate of drug-likeness (QED) is 0.732. The Kier molecular flexibility index (Phi) is 4.23. The van der Waals surface area contributed by atoms with Gasteiger partial charge in [0.05, 0.1) is 11.8 Å². The van der Waals surface area contributed by atoms with Crippen molar-refractivity contribution in [2.75, 3.05) is 32.7 Å². The number of piperazine rings is 1. The highest BCUT2D eigenvalue weighted by atomic mass is 32.1. The number of nitrogens with zero attached hydrogens (tertiary/aromatic N) is 4. The summed E-state index contributed by atoms with van der Waals surface area (Å²) >= 11 is 3.32. The Morgan fingerprint density at radius 2 is 1.79 bits per heavy atom. The molecule has 0 spiro atoms. The van der Waals surface area contributed by atoms with E-state index in [-0.39, 0.29) is 0 Å². The fraction of sp³-hybridized carbons (Fsp3) is 0.333. The fourth-order valence-electron chi connectivity index (χ4n) is 3.31. The highest BCUT2D eigenvalue weighted by Crippen LogP contribution is 2.40. The average molecular weight is 355 g/mol. The predicted octanol–water partition coefficient (Wildman–Crippen LogP) is 3.79. The molecule has 1 saturated heterocycles. The summed E-state index contributed by atoms with van der Waals surface area (Å²) in [6.45, 7) is 7.47. The van der Waals surface area contributed by atoms with E-state index in [2.05, 4.69) is 44.3 Å². The summed E-state index contributed by atoms with van der Waals surface area (Å²) in [5, 5.41) is 17.7. The van der Waals surface area contributed by atoms with Crippen LogP contribution in [0.15, 0.2) is 32.6 Å². The predicted molar refractivity (Wildman–Crippen MR) is 101 cm³/mol. The van der Waals surface area contributed by atoms with E-state index in [1.807, 2.05) is 0 Å². The molecule has 1 fully saturated rings. The first kappa shape index (κ1) is 15.6. The summed E-state index contributed by atoms with van der Waals surface area (Å²) in [5.41, 5.74) is 5.35. The molecule has 0 aromatic carbocycles. The van der Waals surface area contributed by atoms with Crippen molar-refractivity contribution in [1.82, 2.24) is 9.80 Å². The summed E-state index contributed by atoms with van der Waals surface area (Å²) in [6, 6.07) is 2.21. The molecule has 4 nitrogen and oxygen atoms in total. The monoisotopic (exact) mass is 354 g/mol. The molecule has 4 rings (SSSR count). The van der Waals surface area contributed by atoms with Crippen molar-refractivity contribution in [3.05, 3.63) is 44.3 Å². The molecule has 2 aliphatic rings. The van der Waals surface area contributed by atoms with Crippen molar-refractivity contribution in [3.63, 3.8) is 0 Å². The largest absolute Gasteiger partial charge is 0.353 e. The summed E-state index contributed by atoms with van der Waals surface area (Å²) in [7, 11) is 0. The van der Waals surface area contributed by atoms with E-state index in [1.54, 1.807) is 28.7 Å². The Morgan fingerprint density at radius 3 is 2.54 bits per heavy atom. The van der Waals surface area contributed by atoms with Gasteiger partial charge in [-0.3, -0.25) is 0 Å². The van der Waals surface area contributed by atoms with E-state index in [9.17, 15) is 5.26 Å². The topological polar surface area (TPSA) is 42.6 Å². The third kappa shape index (κ3) is 2.59. The van der Waals surface area contributed by atoms with Gasteiger partial charge in [-0.25, -0.2) is 4.99 Å². The second-order valence-electron chi connectivity index (χ2n) is 5.91. The van der Waals surface area contributed by atoms with Crippen LogP contribution in [0.1, 0.15) is 23.6 Å². The van der Waals surface area contributed by atoms with E-state index in [1.165, 1.54) is 0 Å². The molecule has 24 heavy (non-hydrogen) atoms. The molecule has 0 bridgehead atoms. The Bertz CT molecular complexity index is 844. The van der Waals surface area contributed by atoms with Gasteiger partial charge in [0.2, 0.25) is 0 Å². The molecule has 0 atom stereocenters. The second-order valence-corrected chi connectivity index (χ2v) is 7.40. The zero-order chi connectivity index (χ0) is 16.5. The molecule has 6 heteroatoms. The Morgan fingerprint density at radius 1 is 1.08 bits per heavy atom. The summed E-state index contributed by atoms with van der Waals surface area (Å²) in [4.78, 5) is 9.88. The van der Waals surface area contributed by atoms with Gasteiger partial charge in [0.1, 0.15) is 5.84 Å². The van der Waals surface area contributed by atoms with E-state index in [0.29, 0.717) is 0 Å².